The van der Waals surface area contributed by atoms with Crippen LogP contribution in [-0.2, 0) is 41.9 Å². The minimum atomic E-state index is -1.19. The van der Waals surface area contributed by atoms with Crippen LogP contribution in [0.3, 0.4) is 0 Å². The first-order valence-corrected chi connectivity index (χ1v) is 21.3. The molecule has 3 aromatic carbocycles. The van der Waals surface area contributed by atoms with Gasteiger partial charge in [0, 0.05) is 42.6 Å². The molecule has 1 unspecified atom stereocenters. The highest BCUT2D eigenvalue weighted by Gasteiger charge is 2.35. The number of hydrogen-bond donors (Lipinski definition) is 2. The highest BCUT2D eigenvalue weighted by atomic mass is 35.5. The van der Waals surface area contributed by atoms with Gasteiger partial charge in [0.1, 0.15) is 17.5 Å². The molecule has 5 aromatic rings. The lowest BCUT2D eigenvalue weighted by Gasteiger charge is -2.36. The topological polar surface area (TPSA) is 127 Å². The Balaban J connectivity index is 0.986. The van der Waals surface area contributed by atoms with E-state index in [1.54, 1.807) is 12.4 Å². The molecule has 3 atom stereocenters. The number of aryl methyl sites for hydroxylation is 1. The molecule has 1 amide bonds. The van der Waals surface area contributed by atoms with Crippen LogP contribution in [-0.4, -0.2) is 62.4 Å². The summed E-state index contributed by atoms with van der Waals surface area (Å²) in [7, 11) is 0. The Morgan fingerprint density at radius 3 is 2.54 bits per heavy atom. The van der Waals surface area contributed by atoms with Crippen LogP contribution in [0, 0.1) is 19.8 Å². The highest BCUT2D eigenvalue weighted by molar-refractivity contribution is 6.31. The fourth-order valence-corrected chi connectivity index (χ4v) is 9.21. The van der Waals surface area contributed by atoms with Gasteiger partial charge in [-0.1, -0.05) is 61.2 Å². The van der Waals surface area contributed by atoms with E-state index in [1.807, 2.05) is 50.2 Å². The minimum absolute atomic E-state index is 0.0285. The molecule has 10 nitrogen and oxygen atoms in total. The van der Waals surface area contributed by atoms with Crippen molar-refractivity contribution in [2.24, 2.45) is 5.92 Å². The number of amides is 1. The average Bonchev–Trinajstić information content (AvgIpc) is 3.46. The van der Waals surface area contributed by atoms with Crippen molar-refractivity contribution in [2.75, 3.05) is 13.2 Å². The summed E-state index contributed by atoms with van der Waals surface area (Å²) < 4.78 is 12.6. The Bertz CT molecular complexity index is 2280. The second-order valence-electron chi connectivity index (χ2n) is 16.5. The normalized spacial score (nSPS) is 18.8. The third kappa shape index (κ3) is 9.61. The number of fused-ring (bicyclic) bond motifs is 2. The summed E-state index contributed by atoms with van der Waals surface area (Å²) in [6, 6.07) is 22.4. The van der Waals surface area contributed by atoms with Crippen molar-refractivity contribution in [3.63, 3.8) is 0 Å². The molecular weight excluding hydrogens is 762 g/mol. The van der Waals surface area contributed by atoms with Gasteiger partial charge in [0.05, 0.1) is 24.9 Å². The van der Waals surface area contributed by atoms with Gasteiger partial charge in [0.2, 0.25) is 5.91 Å². The minimum Gasteiger partial charge on any atom is -0.493 e. The van der Waals surface area contributed by atoms with Crippen LogP contribution in [0.25, 0.3) is 11.1 Å². The lowest BCUT2D eigenvalue weighted by Crippen LogP contribution is -2.54. The van der Waals surface area contributed by atoms with Gasteiger partial charge in [-0.05, 0) is 145 Å². The number of aliphatic carboxylic acids is 1. The van der Waals surface area contributed by atoms with Crippen molar-refractivity contribution < 1.29 is 24.2 Å². The number of rotatable bonds is 12. The quantitative estimate of drug-likeness (QED) is 0.127. The summed E-state index contributed by atoms with van der Waals surface area (Å²) in [5, 5.41) is 22.1. The van der Waals surface area contributed by atoms with Crippen molar-refractivity contribution in [3.05, 3.63) is 135 Å². The molecule has 3 aliphatic rings. The molecule has 0 radical (unpaired) electrons. The second kappa shape index (κ2) is 18.3. The zero-order valence-corrected chi connectivity index (χ0v) is 34.6. The standard InChI is InChI=1S/C48H52ClN5O5/c1-30-31(2)50-19-16-42(30)35-10-11-36(43(49)23-35)24-44(48(56)57)52-47(55)45-25-37-26-46-38(22-39(37)27-54(45)28-40-9-6-18-51-53-40)21-34(17-20-58-46)33-12-14-41(15-13-33)59-29-32-7-4-3-5-8-32/h6,9-16,18-19,22-23,26,32,34,44-45H,3-5,7-8,17,20-21,24-25,27-29H2,1-2H3,(H,52,55)(H,56,57)/t34?,44-,45-/m0/s1. The molecule has 306 valence electrons. The number of carbonyl (C=O) groups excluding carboxylic acids is 1. The molecule has 4 heterocycles. The Morgan fingerprint density at radius 1 is 0.949 bits per heavy atom. The fourth-order valence-electron chi connectivity index (χ4n) is 8.95. The Morgan fingerprint density at radius 2 is 1.78 bits per heavy atom. The number of aromatic nitrogens is 3. The molecule has 59 heavy (non-hydrogen) atoms. The number of benzene rings is 3. The van der Waals surface area contributed by atoms with E-state index in [-0.39, 0.29) is 12.3 Å². The van der Waals surface area contributed by atoms with E-state index in [4.69, 9.17) is 21.1 Å². The Hall–Kier alpha value is -5.32. The molecule has 2 aliphatic heterocycles. The molecule has 2 N–H and O–H groups in total. The van der Waals surface area contributed by atoms with E-state index in [1.165, 1.54) is 37.7 Å². The van der Waals surface area contributed by atoms with Gasteiger partial charge in [-0.2, -0.15) is 10.2 Å². The van der Waals surface area contributed by atoms with Gasteiger partial charge in [-0.25, -0.2) is 4.79 Å². The zero-order valence-electron chi connectivity index (χ0n) is 33.8. The predicted octanol–water partition coefficient (Wildman–Crippen LogP) is 8.62. The van der Waals surface area contributed by atoms with Crippen LogP contribution >= 0.6 is 11.6 Å². The Kier molecular flexibility index (Phi) is 12.6. The van der Waals surface area contributed by atoms with E-state index >= 15 is 0 Å². The third-order valence-corrected chi connectivity index (χ3v) is 12.9. The molecule has 1 saturated carbocycles. The summed E-state index contributed by atoms with van der Waals surface area (Å²) in [5.74, 6) is 1.23. The molecular formula is C48H52ClN5O5. The van der Waals surface area contributed by atoms with Crippen LogP contribution in [0.2, 0.25) is 5.02 Å². The smallest absolute Gasteiger partial charge is 0.326 e. The van der Waals surface area contributed by atoms with Gasteiger partial charge in [-0.15, -0.1) is 0 Å². The van der Waals surface area contributed by atoms with E-state index in [2.05, 4.69) is 61.8 Å². The molecule has 11 heteroatoms. The number of carbonyl (C=O) groups is 2. The van der Waals surface area contributed by atoms with Gasteiger partial charge in [0.25, 0.3) is 0 Å². The number of nitrogens with zero attached hydrogens (tertiary/aromatic N) is 4. The average molecular weight is 814 g/mol. The number of pyridine rings is 1. The molecule has 0 bridgehead atoms. The van der Waals surface area contributed by atoms with Crippen molar-refractivity contribution >= 4 is 23.5 Å². The van der Waals surface area contributed by atoms with Crippen LogP contribution in [0.5, 0.6) is 11.5 Å². The van der Waals surface area contributed by atoms with E-state index < -0.39 is 18.1 Å². The summed E-state index contributed by atoms with van der Waals surface area (Å²) in [5.41, 5.74) is 9.82. The third-order valence-electron chi connectivity index (χ3n) is 12.5. The number of hydrogen-bond acceptors (Lipinski definition) is 8. The first-order chi connectivity index (χ1) is 28.7. The summed E-state index contributed by atoms with van der Waals surface area (Å²) in [4.78, 5) is 33.4. The van der Waals surface area contributed by atoms with Crippen LogP contribution < -0.4 is 14.8 Å². The molecule has 0 saturated heterocycles. The van der Waals surface area contributed by atoms with Gasteiger partial charge >= 0.3 is 5.97 Å². The number of nitrogens with one attached hydrogen (secondary N) is 1. The second-order valence-corrected chi connectivity index (χ2v) is 16.9. The maximum Gasteiger partial charge on any atom is 0.326 e. The van der Waals surface area contributed by atoms with Crippen molar-refractivity contribution in [2.45, 2.75) is 103 Å². The number of halogens is 1. The van der Waals surface area contributed by atoms with Crippen LogP contribution in [0.15, 0.2) is 85.2 Å². The van der Waals surface area contributed by atoms with Gasteiger partial charge in [0.15, 0.2) is 0 Å². The fraction of sp³-hybridized carbons (Fsp3) is 0.396. The summed E-state index contributed by atoms with van der Waals surface area (Å²) in [6.07, 6.45) is 12.0. The number of carboxylic acids is 1. The SMILES string of the molecule is Cc1nccc(-c2ccc(C[C@H](NC(=O)[C@@H]3Cc4cc5c(cc4CN3Cc3cccnn3)CC(c3ccc(OCC4CCCCC4)cc3)CCO5)C(=O)O)c(Cl)c2)c1C. The molecule has 1 fully saturated rings. The molecule has 0 spiro atoms. The van der Waals surface area contributed by atoms with E-state index in [9.17, 15) is 14.7 Å². The van der Waals surface area contributed by atoms with E-state index in [0.717, 1.165) is 75.7 Å². The van der Waals surface area contributed by atoms with Gasteiger partial charge in [-0.3, -0.25) is 14.7 Å². The first kappa shape index (κ1) is 40.5. The van der Waals surface area contributed by atoms with Gasteiger partial charge < -0.3 is 19.9 Å². The zero-order chi connectivity index (χ0) is 40.9. The number of ether oxygens (including phenoxy) is 2. The largest absolute Gasteiger partial charge is 0.493 e. The predicted molar refractivity (Wildman–Crippen MR) is 228 cm³/mol. The van der Waals surface area contributed by atoms with Crippen molar-refractivity contribution in [1.82, 2.24) is 25.4 Å². The maximum absolute atomic E-state index is 14.3. The maximum atomic E-state index is 14.3. The summed E-state index contributed by atoms with van der Waals surface area (Å²) in [6.45, 7) is 6.21. The van der Waals surface area contributed by atoms with E-state index in [0.29, 0.717) is 48.5 Å². The molecule has 2 aromatic heterocycles. The highest BCUT2D eigenvalue weighted by Crippen LogP contribution is 2.38. The lowest BCUT2D eigenvalue weighted by atomic mass is 9.86. The van der Waals surface area contributed by atoms with Crippen LogP contribution in [0.4, 0.5) is 0 Å². The summed E-state index contributed by atoms with van der Waals surface area (Å²) >= 11 is 6.77. The molecule has 1 aliphatic carbocycles. The Labute approximate surface area is 351 Å². The van der Waals surface area contributed by atoms with Crippen molar-refractivity contribution in [3.8, 4) is 22.6 Å². The number of carboxylic acid groups (broad SMARTS) is 1. The lowest BCUT2D eigenvalue weighted by molar-refractivity contribution is -0.142. The monoisotopic (exact) mass is 813 g/mol. The van der Waals surface area contributed by atoms with Crippen LogP contribution in [0.1, 0.15) is 89.2 Å². The molecule has 8 rings (SSSR count). The van der Waals surface area contributed by atoms with Crippen molar-refractivity contribution in [1.29, 1.82) is 0 Å². The first-order valence-electron chi connectivity index (χ1n) is 20.9.